The third-order valence-corrected chi connectivity index (χ3v) is 0. The summed E-state index contributed by atoms with van der Waals surface area (Å²) in [5, 5.41) is 0. The molecular weight excluding hydrogens is 139 g/mol. The second-order valence-corrected chi connectivity index (χ2v) is 2.23. The maximum absolute atomic E-state index is 4.81. The zero-order valence-corrected chi connectivity index (χ0v) is 5.98. The molecule has 0 aliphatic carbocycles. The molecular formula is H4B3Cl3. The van der Waals surface area contributed by atoms with E-state index in [0.29, 0.717) is 0 Å². The summed E-state index contributed by atoms with van der Waals surface area (Å²) < 4.78 is 0. The third kappa shape index (κ3) is 73.8. The van der Waals surface area contributed by atoms with Crippen LogP contribution in [0.15, 0.2) is 0 Å². The molecule has 6 heteroatoms. The molecule has 0 aromatic heterocycles. The van der Waals surface area contributed by atoms with Gasteiger partial charge in [-0.1, -0.05) is 0 Å². The standard InChI is InChI=1S/B2H4.BCl3/c1-2;2-1(3)4/h1-2H2;. The summed E-state index contributed by atoms with van der Waals surface area (Å²) in [5.74, 6) is 0. The molecule has 0 spiro atoms. The summed E-state index contributed by atoms with van der Waals surface area (Å²) in [4.78, 5) is -0.750. The zero-order chi connectivity index (χ0) is 5.58. The number of hydrogen-bond donors (Lipinski definition) is 0. The first-order valence-electron chi connectivity index (χ1n) is 1.65. The van der Waals surface area contributed by atoms with Crippen LogP contribution in [0.25, 0.3) is 0 Å². The van der Waals surface area contributed by atoms with E-state index in [1.54, 1.807) is 0 Å². The SMILES string of the molecule is BB.ClB(Cl)Cl. The Bertz CT molecular complexity index is 10.8. The Kier molecular flexibility index (Phi) is 15.9. The van der Waals surface area contributed by atoms with Crippen LogP contribution < -0.4 is 0 Å². The van der Waals surface area contributed by atoms with Crippen molar-refractivity contribution in [2.24, 2.45) is 0 Å². The fourth-order valence-electron chi connectivity index (χ4n) is 0. The van der Waals surface area contributed by atoms with Crippen molar-refractivity contribution in [2.45, 2.75) is 0 Å². The molecule has 0 saturated carbocycles. The highest BCUT2D eigenvalue weighted by molar-refractivity contribution is 7.54. The molecule has 0 atom stereocenters. The molecule has 0 radical (unpaired) electrons. The molecule has 0 fully saturated rings. The fourth-order valence-corrected chi connectivity index (χ4v) is 0. The van der Waals surface area contributed by atoms with Crippen molar-refractivity contribution in [1.82, 2.24) is 0 Å². The topological polar surface area (TPSA) is 0 Å². The van der Waals surface area contributed by atoms with Gasteiger partial charge in [-0.3, -0.25) is 0 Å². The van der Waals surface area contributed by atoms with Gasteiger partial charge < -0.3 is 0 Å². The van der Waals surface area contributed by atoms with E-state index in [1.165, 1.54) is 0 Å². The van der Waals surface area contributed by atoms with E-state index in [9.17, 15) is 0 Å². The first-order chi connectivity index (χ1) is 2.73. The highest BCUT2D eigenvalue weighted by Gasteiger charge is 1.91. The fraction of sp³-hybridized carbons (Fsp3) is 0. The number of halogens is 3. The summed E-state index contributed by atoms with van der Waals surface area (Å²) in [5.41, 5.74) is 0. The monoisotopic (exact) mass is 142 g/mol. The van der Waals surface area contributed by atoms with Gasteiger partial charge in [0.15, 0.2) is 0 Å². The van der Waals surface area contributed by atoms with Crippen molar-refractivity contribution in [1.29, 1.82) is 0 Å². The van der Waals surface area contributed by atoms with E-state index >= 15 is 0 Å². The summed E-state index contributed by atoms with van der Waals surface area (Å²) in [6.07, 6.45) is 0. The van der Waals surface area contributed by atoms with Crippen LogP contribution in [-0.2, 0) is 0 Å². The Morgan fingerprint density at radius 3 is 1.00 bits per heavy atom. The van der Waals surface area contributed by atoms with Gasteiger partial charge in [-0.2, -0.15) is 34.4 Å². The first-order valence-corrected chi connectivity index (χ1v) is 2.96. The van der Waals surface area contributed by atoms with E-state index < -0.39 is 4.96 Å². The first kappa shape index (κ1) is 10.1. The summed E-state index contributed by atoms with van der Waals surface area (Å²) in [7, 11) is 4.00. The largest absolute Gasteiger partial charge is 0.450 e. The molecule has 34 valence electrons. The van der Waals surface area contributed by atoms with Crippen LogP contribution in [0.4, 0.5) is 0 Å². The van der Waals surface area contributed by atoms with Gasteiger partial charge in [0.25, 0.3) is 0 Å². The van der Waals surface area contributed by atoms with Crippen LogP contribution in [0, 0.1) is 0 Å². The predicted molar refractivity (Wildman–Crippen MR) is 40.4 cm³/mol. The highest BCUT2D eigenvalue weighted by Crippen LogP contribution is 1.97. The zero-order valence-electron chi connectivity index (χ0n) is 3.71. The minimum Gasteiger partial charge on any atom is -0.150 e. The molecule has 0 aromatic carbocycles. The van der Waals surface area contributed by atoms with E-state index in [4.69, 9.17) is 34.4 Å². The van der Waals surface area contributed by atoms with Crippen LogP contribution in [0.3, 0.4) is 0 Å². The lowest BCUT2D eigenvalue weighted by atomic mass is 9.81. The Morgan fingerprint density at radius 2 is 1.00 bits per heavy atom. The molecule has 6 heavy (non-hydrogen) atoms. The Labute approximate surface area is 55.1 Å². The van der Waals surface area contributed by atoms with Gasteiger partial charge in [-0.15, -0.1) is 0 Å². The number of hydrogen-bond acceptors (Lipinski definition) is 0. The quantitative estimate of drug-likeness (QED) is 0.413. The van der Waals surface area contributed by atoms with Crippen LogP contribution in [0.2, 0.25) is 0 Å². The molecule has 0 rings (SSSR count). The van der Waals surface area contributed by atoms with E-state index in [0.717, 1.165) is 0 Å². The van der Waals surface area contributed by atoms with Crippen molar-refractivity contribution in [2.75, 3.05) is 0 Å². The molecule has 0 heterocycles. The van der Waals surface area contributed by atoms with Gasteiger partial charge in [0.2, 0.25) is 0 Å². The Morgan fingerprint density at radius 1 is 1.00 bits per heavy atom. The average molecular weight is 143 g/mol. The smallest absolute Gasteiger partial charge is 0.150 e. The highest BCUT2D eigenvalue weighted by atomic mass is 35.6. The normalized spacial score (nSPS) is 5.17. The Balaban J connectivity index is 0. The maximum atomic E-state index is 4.81. The van der Waals surface area contributed by atoms with Crippen molar-refractivity contribution >= 4 is 54.8 Å². The molecule has 0 nitrogen and oxygen atoms in total. The van der Waals surface area contributed by atoms with Crippen molar-refractivity contribution in [3.05, 3.63) is 0 Å². The van der Waals surface area contributed by atoms with Crippen molar-refractivity contribution < 1.29 is 0 Å². The molecule has 0 amide bonds. The maximum Gasteiger partial charge on any atom is 0.450 e. The second-order valence-electron chi connectivity index (χ2n) is 0.247. The summed E-state index contributed by atoms with van der Waals surface area (Å²) in [6, 6.07) is 0. The summed E-state index contributed by atoms with van der Waals surface area (Å²) in [6.45, 7) is 0. The van der Waals surface area contributed by atoms with Crippen molar-refractivity contribution in [3.8, 4) is 0 Å². The lowest BCUT2D eigenvalue weighted by Crippen LogP contribution is -1.66. The second kappa shape index (κ2) is 9.42. The van der Waals surface area contributed by atoms with E-state index in [2.05, 4.69) is 0 Å². The molecule has 0 aliphatic rings. The van der Waals surface area contributed by atoms with E-state index in [-0.39, 0.29) is 0 Å². The van der Waals surface area contributed by atoms with Gasteiger partial charge in [-0.05, 0) is 0 Å². The molecule has 0 aliphatic heterocycles. The minimum absolute atomic E-state index is 0.750. The van der Waals surface area contributed by atoms with Gasteiger partial charge in [0.05, 0.1) is 15.5 Å². The molecule has 0 N–H and O–H groups in total. The molecule has 0 aromatic rings. The van der Waals surface area contributed by atoms with Crippen molar-refractivity contribution in [3.63, 3.8) is 0 Å². The predicted octanol–water partition coefficient (Wildman–Crippen LogP) is -0.145. The van der Waals surface area contributed by atoms with Crippen LogP contribution >= 0.6 is 34.4 Å². The van der Waals surface area contributed by atoms with E-state index in [1.807, 2.05) is 15.5 Å². The molecule has 0 bridgehead atoms. The molecule has 0 unspecified atom stereocenters. The van der Waals surface area contributed by atoms with Gasteiger partial charge in [0, 0.05) is 0 Å². The van der Waals surface area contributed by atoms with Crippen LogP contribution in [-0.4, -0.2) is 20.4 Å². The van der Waals surface area contributed by atoms with Crippen LogP contribution in [0.1, 0.15) is 0 Å². The lowest BCUT2D eigenvalue weighted by molar-refractivity contribution is 4.07. The average Bonchev–Trinajstić information content (AvgIpc) is 1.41. The third-order valence-electron chi connectivity index (χ3n) is 0. The number of rotatable bonds is 0. The summed E-state index contributed by atoms with van der Waals surface area (Å²) >= 11 is 14.4. The van der Waals surface area contributed by atoms with Gasteiger partial charge >= 0.3 is 4.96 Å². The van der Waals surface area contributed by atoms with Gasteiger partial charge in [0.1, 0.15) is 0 Å². The molecule has 0 saturated heterocycles. The van der Waals surface area contributed by atoms with Gasteiger partial charge in [-0.25, -0.2) is 0 Å². The van der Waals surface area contributed by atoms with Crippen LogP contribution in [0.5, 0.6) is 0 Å². The minimum atomic E-state index is -0.750. The Hall–Kier alpha value is 1.06. The lowest BCUT2D eigenvalue weighted by Gasteiger charge is -1.61.